The van der Waals surface area contributed by atoms with Gasteiger partial charge in [-0.25, -0.2) is 0 Å². The van der Waals surface area contributed by atoms with E-state index in [4.69, 9.17) is 0 Å². The van der Waals surface area contributed by atoms with Gasteiger partial charge in [-0.15, -0.1) is 0 Å². The van der Waals surface area contributed by atoms with Crippen LogP contribution in [0.2, 0.25) is 0 Å². The smallest absolute Gasteiger partial charge is 2.00 e. The molecule has 0 saturated carbocycles. The summed E-state index contributed by atoms with van der Waals surface area (Å²) in [5.74, 6) is 0. The van der Waals surface area contributed by atoms with Crippen LogP contribution in [-0.4, -0.2) is 87.1 Å². The van der Waals surface area contributed by atoms with Crippen molar-refractivity contribution in [1.82, 2.24) is 0 Å². The van der Waals surface area contributed by atoms with Gasteiger partial charge < -0.3 is 51.2 Å². The number of rotatable bonds is 0. The zero-order valence-corrected chi connectivity index (χ0v) is 11.0. The van der Waals surface area contributed by atoms with Crippen molar-refractivity contribution in [2.24, 2.45) is 0 Å². The maximum absolute atomic E-state index is 0. The molecular formula is As2Se3. The van der Waals surface area contributed by atoms with Crippen LogP contribution >= 0.6 is 0 Å². The number of hydrogen-bond acceptors (Lipinski definition) is 0. The molecule has 0 fully saturated rings. The Hall–Kier alpha value is 2.68. The van der Waals surface area contributed by atoms with E-state index in [-0.39, 0.29) is 87.1 Å². The molecule has 0 heterocycles. The Kier molecular flexibility index (Phi) is 287. The zero-order chi connectivity index (χ0) is 0. The first-order valence-electron chi connectivity index (χ1n) is 0. The molecule has 4 radical (unpaired) electrons. The Labute approximate surface area is 86.0 Å². The van der Waals surface area contributed by atoms with Crippen molar-refractivity contribution in [2.75, 3.05) is 0 Å². The molecule has 0 N–H and O–H groups in total. The third kappa shape index (κ3) is 20.4. The van der Waals surface area contributed by atoms with Gasteiger partial charge in [0.25, 0.3) is 0 Å². The Morgan fingerprint density at radius 3 is 0.400 bits per heavy atom. The summed E-state index contributed by atoms with van der Waals surface area (Å²) in [4.78, 5) is 0. The Morgan fingerprint density at radius 1 is 0.400 bits per heavy atom. The summed E-state index contributed by atoms with van der Waals surface area (Å²) in [7, 11) is 0. The average molecular weight is 387 g/mol. The molecule has 0 spiro atoms. The third-order valence-electron chi connectivity index (χ3n) is 0. The first kappa shape index (κ1) is 47.8. The predicted octanol–water partition coefficient (Wildman–Crippen LogP) is -1.90. The second-order valence-corrected chi connectivity index (χ2v) is 0. The molecule has 0 aliphatic heterocycles. The maximum Gasteiger partial charge on any atom is 3.00 e. The maximum atomic E-state index is 0. The van der Waals surface area contributed by atoms with E-state index in [1.54, 1.807) is 0 Å². The molecule has 0 nitrogen and oxygen atoms in total. The van der Waals surface area contributed by atoms with Crippen LogP contribution < -0.4 is 0 Å². The van der Waals surface area contributed by atoms with Gasteiger partial charge in [0.2, 0.25) is 0 Å². The van der Waals surface area contributed by atoms with Gasteiger partial charge in [0.15, 0.2) is 0 Å². The minimum Gasteiger partial charge on any atom is -2.00 e. The summed E-state index contributed by atoms with van der Waals surface area (Å²) in [5.41, 5.74) is 0. The third-order valence-corrected chi connectivity index (χ3v) is 0. The van der Waals surface area contributed by atoms with Gasteiger partial charge in [-0.3, -0.25) is 0 Å². The standard InChI is InChI=1S/2As.3Se/q2*+3;3*-2. The summed E-state index contributed by atoms with van der Waals surface area (Å²) in [5, 5.41) is 0. The van der Waals surface area contributed by atoms with E-state index in [1.165, 1.54) is 0 Å². The molecule has 0 unspecified atom stereocenters. The van der Waals surface area contributed by atoms with Gasteiger partial charge in [-0.2, -0.15) is 0 Å². The molecule has 0 aliphatic carbocycles. The largest absolute Gasteiger partial charge is 3.00 e. The molecular weight excluding hydrogens is 387 g/mol. The van der Waals surface area contributed by atoms with E-state index in [0.29, 0.717) is 0 Å². The van der Waals surface area contributed by atoms with Crippen molar-refractivity contribution in [1.29, 1.82) is 0 Å². The first-order valence-corrected chi connectivity index (χ1v) is 0. The number of hydrogen-bond donors (Lipinski definition) is 0. The normalized spacial score (nSPS) is 0. The predicted molar refractivity (Wildman–Crippen MR) is 28.8 cm³/mol. The van der Waals surface area contributed by atoms with E-state index in [1.807, 2.05) is 0 Å². The summed E-state index contributed by atoms with van der Waals surface area (Å²) < 4.78 is 0. The van der Waals surface area contributed by atoms with E-state index in [2.05, 4.69) is 0 Å². The Balaban J connectivity index is 0. The van der Waals surface area contributed by atoms with Gasteiger partial charge >= 0.3 is 35.9 Å². The van der Waals surface area contributed by atoms with Crippen LogP contribution in [0.1, 0.15) is 0 Å². The van der Waals surface area contributed by atoms with Gasteiger partial charge in [0.05, 0.1) is 0 Å². The molecule has 0 rings (SSSR count). The molecule has 0 aromatic heterocycles. The van der Waals surface area contributed by atoms with Crippen molar-refractivity contribution in [3.8, 4) is 0 Å². The van der Waals surface area contributed by atoms with Gasteiger partial charge in [-0.05, 0) is 0 Å². The molecule has 28 valence electrons. The van der Waals surface area contributed by atoms with E-state index >= 15 is 0 Å². The fourth-order valence-corrected chi connectivity index (χ4v) is 0. The summed E-state index contributed by atoms with van der Waals surface area (Å²) in [6.07, 6.45) is 0. The van der Waals surface area contributed by atoms with Crippen LogP contribution in [0.4, 0.5) is 0 Å². The van der Waals surface area contributed by atoms with E-state index < -0.39 is 0 Å². The van der Waals surface area contributed by atoms with E-state index in [0.717, 1.165) is 0 Å². The minimum absolute atomic E-state index is 0. The zero-order valence-electron chi connectivity index (χ0n) is 2.12. The molecule has 0 aliphatic rings. The van der Waals surface area contributed by atoms with Crippen LogP contribution in [0, 0.1) is 0 Å². The van der Waals surface area contributed by atoms with Crippen molar-refractivity contribution in [2.45, 2.75) is 0 Å². The molecule has 0 aromatic rings. The quantitative estimate of drug-likeness (QED) is 0.427. The van der Waals surface area contributed by atoms with Crippen LogP contribution in [0.5, 0.6) is 0 Å². The molecule has 0 aromatic carbocycles. The molecule has 5 heteroatoms. The van der Waals surface area contributed by atoms with Crippen molar-refractivity contribution in [3.63, 3.8) is 0 Å². The topological polar surface area (TPSA) is 0 Å². The monoisotopic (exact) mass is 390 g/mol. The average Bonchev–Trinajstić information content (AvgIpc) is 0. The van der Waals surface area contributed by atoms with Crippen LogP contribution in [-0.2, 0) is 0 Å². The molecule has 0 saturated heterocycles. The molecule has 0 bridgehead atoms. The van der Waals surface area contributed by atoms with Gasteiger partial charge in [-0.1, -0.05) is 0 Å². The van der Waals surface area contributed by atoms with Crippen molar-refractivity contribution in [3.05, 3.63) is 0 Å². The fourth-order valence-electron chi connectivity index (χ4n) is 0. The van der Waals surface area contributed by atoms with Crippen LogP contribution in [0.15, 0.2) is 0 Å². The second-order valence-electron chi connectivity index (χ2n) is 0. The minimum atomic E-state index is 0. The van der Waals surface area contributed by atoms with Gasteiger partial charge in [0, 0.05) is 0 Å². The Bertz CT molecular complexity index is 4.85. The molecule has 0 amide bonds. The Morgan fingerprint density at radius 2 is 0.400 bits per heavy atom. The van der Waals surface area contributed by atoms with Crippen molar-refractivity contribution < 1.29 is 0 Å². The first-order chi connectivity index (χ1) is 0. The fraction of sp³-hybridized carbons (Fsp3) is 0. The van der Waals surface area contributed by atoms with E-state index in [9.17, 15) is 0 Å². The van der Waals surface area contributed by atoms with Gasteiger partial charge in [0.1, 0.15) is 0 Å². The van der Waals surface area contributed by atoms with Crippen LogP contribution in [0.25, 0.3) is 0 Å². The summed E-state index contributed by atoms with van der Waals surface area (Å²) >= 11 is 0. The summed E-state index contributed by atoms with van der Waals surface area (Å²) in [6, 6.07) is 0. The molecule has 0 atom stereocenters. The van der Waals surface area contributed by atoms with Crippen LogP contribution in [0.3, 0.4) is 0 Å². The second kappa shape index (κ2) is 30.0. The SMILES string of the molecule is [As+3].[As+3].[Se-2].[Se-2].[Se-2]. The van der Waals surface area contributed by atoms with Crippen molar-refractivity contribution >= 4 is 87.1 Å². The summed E-state index contributed by atoms with van der Waals surface area (Å²) in [6.45, 7) is 0. The molecule has 5 heavy (non-hydrogen) atoms.